The zero-order chi connectivity index (χ0) is 15.6. The summed E-state index contributed by atoms with van der Waals surface area (Å²) < 4.78 is 1.24. The van der Waals surface area contributed by atoms with Gasteiger partial charge in [-0.05, 0) is 26.0 Å². The van der Waals surface area contributed by atoms with Gasteiger partial charge in [0.25, 0.3) is 0 Å². The van der Waals surface area contributed by atoms with Gasteiger partial charge in [0.05, 0.1) is 21.3 Å². The number of rotatable bonds is 6. The van der Waals surface area contributed by atoms with Gasteiger partial charge in [-0.25, -0.2) is 4.98 Å². The summed E-state index contributed by atoms with van der Waals surface area (Å²) in [7, 11) is 0. The lowest BCUT2D eigenvalue weighted by Gasteiger charge is -2.28. The Kier molecular flexibility index (Phi) is 5.04. The van der Waals surface area contributed by atoms with Crippen molar-refractivity contribution >= 4 is 33.3 Å². The van der Waals surface area contributed by atoms with Crippen molar-refractivity contribution in [2.45, 2.75) is 38.0 Å². The summed E-state index contributed by atoms with van der Waals surface area (Å²) in [6.07, 6.45) is 0.524. The number of aromatic nitrogens is 1. The molecule has 0 saturated carbocycles. The summed E-state index contributed by atoms with van der Waals surface area (Å²) in [6.45, 7) is 4.95. The average Bonchev–Trinajstić information content (AvgIpc) is 3.12. The van der Waals surface area contributed by atoms with Gasteiger partial charge in [-0.3, -0.25) is 0 Å². The van der Waals surface area contributed by atoms with Gasteiger partial charge in [0, 0.05) is 36.2 Å². The van der Waals surface area contributed by atoms with E-state index >= 15 is 0 Å². The summed E-state index contributed by atoms with van der Waals surface area (Å²) in [5.74, 6) is 1.93. The summed E-state index contributed by atoms with van der Waals surface area (Å²) in [4.78, 5) is 4.70. The van der Waals surface area contributed by atoms with Crippen molar-refractivity contribution in [3.63, 3.8) is 0 Å². The van der Waals surface area contributed by atoms with E-state index < -0.39 is 0 Å². The maximum absolute atomic E-state index is 10.2. The van der Waals surface area contributed by atoms with Gasteiger partial charge in [-0.1, -0.05) is 12.1 Å². The van der Waals surface area contributed by atoms with Crippen molar-refractivity contribution < 1.29 is 5.11 Å². The molecule has 120 valence electrons. The molecule has 1 saturated heterocycles. The lowest BCUT2D eigenvalue weighted by molar-refractivity contribution is 0.129. The minimum Gasteiger partial charge on any atom is -0.390 e. The molecule has 6 heteroatoms. The van der Waals surface area contributed by atoms with Crippen LogP contribution in [0.1, 0.15) is 18.9 Å². The first-order valence-electron chi connectivity index (χ1n) is 7.62. The molecule has 1 aliphatic rings. The minimum absolute atomic E-state index is 0.0827. The van der Waals surface area contributed by atoms with E-state index in [-0.39, 0.29) is 17.7 Å². The summed E-state index contributed by atoms with van der Waals surface area (Å²) >= 11 is 3.60. The number of fused-ring (bicyclic) bond motifs is 1. The van der Waals surface area contributed by atoms with Crippen molar-refractivity contribution in [1.29, 1.82) is 0 Å². The summed E-state index contributed by atoms with van der Waals surface area (Å²) in [5.41, 5.74) is 0.992. The topological polar surface area (TPSA) is 57.2 Å². The van der Waals surface area contributed by atoms with Gasteiger partial charge in [0.1, 0.15) is 0 Å². The molecule has 2 aromatic rings. The number of thioether (sulfide) groups is 1. The first kappa shape index (κ1) is 16.2. The highest BCUT2D eigenvalue weighted by atomic mass is 32.2. The van der Waals surface area contributed by atoms with Crippen molar-refractivity contribution in [2.24, 2.45) is 0 Å². The van der Waals surface area contributed by atoms with Gasteiger partial charge in [-0.15, -0.1) is 23.1 Å². The van der Waals surface area contributed by atoms with Crippen molar-refractivity contribution in [3.8, 4) is 0 Å². The molecule has 1 fully saturated rings. The van der Waals surface area contributed by atoms with Gasteiger partial charge >= 0.3 is 0 Å². The fourth-order valence-corrected chi connectivity index (χ4v) is 4.86. The maximum atomic E-state index is 10.2. The highest BCUT2D eigenvalue weighted by molar-refractivity contribution is 7.99. The lowest BCUT2D eigenvalue weighted by Crippen LogP contribution is -2.50. The smallest absolute Gasteiger partial charge is 0.0956 e. The first-order valence-corrected chi connectivity index (χ1v) is 9.59. The van der Waals surface area contributed by atoms with Crippen molar-refractivity contribution in [3.05, 3.63) is 29.3 Å². The number of thiazole rings is 1. The highest BCUT2D eigenvalue weighted by Gasteiger charge is 2.26. The molecule has 0 bridgehead atoms. The van der Waals surface area contributed by atoms with Crippen LogP contribution in [0.5, 0.6) is 0 Å². The molecular formula is C16H23N3OS2. The van der Waals surface area contributed by atoms with Crippen LogP contribution in [-0.2, 0) is 6.42 Å². The zero-order valence-corrected chi connectivity index (χ0v) is 14.6. The molecule has 2 heterocycles. The Balaban J connectivity index is 1.57. The van der Waals surface area contributed by atoms with Gasteiger partial charge in [0.2, 0.25) is 0 Å². The SMILES string of the molecule is CC(C)(Cc1nc2ccccc2s1)NCC(O)C1CSCN1. The van der Waals surface area contributed by atoms with Crippen LogP contribution in [0.4, 0.5) is 0 Å². The third-order valence-electron chi connectivity index (χ3n) is 3.93. The van der Waals surface area contributed by atoms with E-state index in [0.29, 0.717) is 6.54 Å². The number of β-amino-alcohol motifs (C(OH)–C–C–N with tert-alkyl or cyclic N) is 1. The zero-order valence-electron chi connectivity index (χ0n) is 13.0. The Bertz CT molecular complexity index is 590. The third kappa shape index (κ3) is 4.00. The van der Waals surface area contributed by atoms with Crippen LogP contribution >= 0.6 is 23.1 Å². The molecule has 3 rings (SSSR count). The van der Waals surface area contributed by atoms with Crippen LogP contribution in [-0.4, -0.2) is 45.9 Å². The second kappa shape index (κ2) is 6.84. The van der Waals surface area contributed by atoms with Crippen molar-refractivity contribution in [1.82, 2.24) is 15.6 Å². The van der Waals surface area contributed by atoms with E-state index in [1.165, 1.54) is 4.70 Å². The Labute approximate surface area is 139 Å². The molecule has 3 N–H and O–H groups in total. The minimum atomic E-state index is -0.343. The van der Waals surface area contributed by atoms with E-state index in [1.807, 2.05) is 17.8 Å². The predicted octanol–water partition coefficient (Wildman–Crippen LogP) is 2.23. The maximum Gasteiger partial charge on any atom is 0.0956 e. The Morgan fingerprint density at radius 2 is 2.27 bits per heavy atom. The lowest BCUT2D eigenvalue weighted by atomic mass is 10.0. The van der Waals surface area contributed by atoms with Crippen LogP contribution in [0.25, 0.3) is 10.2 Å². The third-order valence-corrected chi connectivity index (χ3v) is 5.93. The van der Waals surface area contributed by atoms with Crippen LogP contribution in [0, 0.1) is 0 Å². The Hall–Kier alpha value is -0.660. The quantitative estimate of drug-likeness (QED) is 0.755. The standard InChI is InChI=1S/C16H23N3OS2/c1-16(2,18-8-13(20)12-9-21-10-17-12)7-15-19-11-5-3-4-6-14(11)22-15/h3-6,12-13,17-18,20H,7-10H2,1-2H3. The molecule has 0 amide bonds. The molecule has 22 heavy (non-hydrogen) atoms. The fourth-order valence-electron chi connectivity index (χ4n) is 2.62. The van der Waals surface area contributed by atoms with E-state index in [1.54, 1.807) is 11.3 Å². The average molecular weight is 338 g/mol. The number of hydrogen-bond donors (Lipinski definition) is 3. The number of benzene rings is 1. The van der Waals surface area contributed by atoms with Crippen LogP contribution in [0.2, 0.25) is 0 Å². The number of nitrogens with zero attached hydrogens (tertiary/aromatic N) is 1. The summed E-state index contributed by atoms with van der Waals surface area (Å²) in [5, 5.41) is 18.2. The van der Waals surface area contributed by atoms with E-state index in [0.717, 1.165) is 28.6 Å². The van der Waals surface area contributed by atoms with Gasteiger partial charge in [0.15, 0.2) is 0 Å². The van der Waals surface area contributed by atoms with Gasteiger partial charge < -0.3 is 15.7 Å². The second-order valence-corrected chi connectivity index (χ2v) is 8.56. The Morgan fingerprint density at radius 1 is 1.45 bits per heavy atom. The number of nitrogens with one attached hydrogen (secondary N) is 2. The highest BCUT2D eigenvalue weighted by Crippen LogP contribution is 2.24. The molecule has 1 aromatic heterocycles. The van der Waals surface area contributed by atoms with Crippen molar-refractivity contribution in [2.75, 3.05) is 18.2 Å². The normalized spacial score (nSPS) is 20.6. The molecule has 0 spiro atoms. The molecule has 2 atom stereocenters. The number of aliphatic hydroxyl groups excluding tert-OH is 1. The molecule has 4 nitrogen and oxygen atoms in total. The van der Waals surface area contributed by atoms with Gasteiger partial charge in [-0.2, -0.15) is 0 Å². The van der Waals surface area contributed by atoms with Crippen LogP contribution in [0.15, 0.2) is 24.3 Å². The fraction of sp³-hybridized carbons (Fsp3) is 0.562. The molecule has 1 aromatic carbocycles. The van der Waals surface area contributed by atoms with E-state index in [2.05, 4.69) is 42.7 Å². The number of hydrogen-bond acceptors (Lipinski definition) is 6. The monoisotopic (exact) mass is 337 g/mol. The number of aliphatic hydroxyl groups is 1. The molecule has 2 unspecified atom stereocenters. The molecule has 0 aliphatic carbocycles. The van der Waals surface area contributed by atoms with Crippen LogP contribution < -0.4 is 10.6 Å². The number of para-hydroxylation sites is 1. The molecular weight excluding hydrogens is 314 g/mol. The molecule has 0 radical (unpaired) electrons. The van der Waals surface area contributed by atoms with E-state index in [9.17, 15) is 5.11 Å². The van der Waals surface area contributed by atoms with E-state index in [4.69, 9.17) is 4.98 Å². The van der Waals surface area contributed by atoms with Crippen LogP contribution in [0.3, 0.4) is 0 Å². The summed E-state index contributed by atoms with van der Waals surface area (Å²) in [6, 6.07) is 8.46. The first-order chi connectivity index (χ1) is 10.5. The molecule has 1 aliphatic heterocycles. The largest absolute Gasteiger partial charge is 0.390 e. The Morgan fingerprint density at radius 3 is 3.00 bits per heavy atom. The predicted molar refractivity (Wildman–Crippen MR) is 95.7 cm³/mol. The second-order valence-electron chi connectivity index (χ2n) is 6.41.